The first-order valence-electron chi connectivity index (χ1n) is 5.91. The lowest BCUT2D eigenvalue weighted by Crippen LogP contribution is -2.17. The molecule has 0 bridgehead atoms. The van der Waals surface area contributed by atoms with Gasteiger partial charge in [-0.05, 0) is 19.3 Å². The van der Waals surface area contributed by atoms with E-state index in [0.717, 1.165) is 18.5 Å². The van der Waals surface area contributed by atoms with Gasteiger partial charge in [-0.3, -0.25) is 4.79 Å². The monoisotopic (exact) mass is 238 g/mol. The Balaban J connectivity index is 2.01. The van der Waals surface area contributed by atoms with Crippen molar-refractivity contribution in [2.45, 2.75) is 38.3 Å². The number of aliphatic hydroxyl groups excluding tert-OH is 1. The van der Waals surface area contributed by atoms with E-state index in [-0.39, 0.29) is 11.9 Å². The van der Waals surface area contributed by atoms with Crippen LogP contribution in [-0.2, 0) is 9.53 Å². The quantitative estimate of drug-likeness (QED) is 0.788. The molecule has 1 fully saturated rings. The molecule has 1 aromatic heterocycles. The van der Waals surface area contributed by atoms with E-state index in [9.17, 15) is 9.90 Å². The topological polar surface area (TPSA) is 64.3 Å². The summed E-state index contributed by atoms with van der Waals surface area (Å²) in [6.07, 6.45) is 5.41. The molecule has 0 saturated heterocycles. The van der Waals surface area contributed by atoms with Crippen LogP contribution < -0.4 is 0 Å². The fourth-order valence-corrected chi connectivity index (χ4v) is 1.98. The highest BCUT2D eigenvalue weighted by Gasteiger charge is 2.28. The van der Waals surface area contributed by atoms with Crippen LogP contribution in [0.1, 0.15) is 44.0 Å². The van der Waals surface area contributed by atoms with Crippen molar-refractivity contribution in [2.75, 3.05) is 7.11 Å². The number of carbonyl (C=O) groups is 1. The highest BCUT2D eigenvalue weighted by atomic mass is 16.5. The molecular formula is C12H18N2O3. The zero-order valence-electron chi connectivity index (χ0n) is 10.2. The van der Waals surface area contributed by atoms with Gasteiger partial charge in [0.05, 0.1) is 37.3 Å². The van der Waals surface area contributed by atoms with Crippen molar-refractivity contribution in [2.24, 2.45) is 5.92 Å². The molecule has 2 atom stereocenters. The van der Waals surface area contributed by atoms with Crippen LogP contribution in [0.4, 0.5) is 0 Å². The Kier molecular flexibility index (Phi) is 3.47. The van der Waals surface area contributed by atoms with Crippen LogP contribution >= 0.6 is 0 Å². The summed E-state index contributed by atoms with van der Waals surface area (Å²) in [6.45, 7) is 1.76. The Hall–Kier alpha value is -1.36. The smallest absolute Gasteiger partial charge is 0.308 e. The van der Waals surface area contributed by atoms with Crippen LogP contribution in [0.2, 0.25) is 0 Å². The summed E-state index contributed by atoms with van der Waals surface area (Å²) in [7, 11) is 1.36. The normalized spacial score (nSPS) is 18.8. The second kappa shape index (κ2) is 4.87. The summed E-state index contributed by atoms with van der Waals surface area (Å²) in [4.78, 5) is 15.4. The van der Waals surface area contributed by atoms with Crippen molar-refractivity contribution in [3.05, 3.63) is 18.2 Å². The number of imidazole rings is 1. The molecule has 1 aliphatic carbocycles. The minimum atomic E-state index is -0.660. The molecule has 1 aliphatic rings. The van der Waals surface area contributed by atoms with Gasteiger partial charge in [-0.2, -0.15) is 0 Å². The summed E-state index contributed by atoms with van der Waals surface area (Å²) in [5.41, 5.74) is 0.795. The number of rotatable bonds is 5. The molecule has 2 rings (SSSR count). The zero-order valence-corrected chi connectivity index (χ0v) is 10.2. The van der Waals surface area contributed by atoms with Gasteiger partial charge in [0.25, 0.3) is 0 Å². The van der Waals surface area contributed by atoms with E-state index >= 15 is 0 Å². The molecule has 0 spiro atoms. The van der Waals surface area contributed by atoms with Gasteiger partial charge in [-0.25, -0.2) is 4.98 Å². The fourth-order valence-electron chi connectivity index (χ4n) is 1.98. The minimum absolute atomic E-state index is 0.290. The number of methoxy groups -OCH3 is 1. The second-order valence-corrected chi connectivity index (χ2v) is 4.63. The van der Waals surface area contributed by atoms with E-state index in [1.165, 1.54) is 7.11 Å². The Labute approximate surface area is 100 Å². The average molecular weight is 238 g/mol. The lowest BCUT2D eigenvalue weighted by molar-refractivity contribution is -0.145. The number of ether oxygens (including phenoxy) is 1. The molecule has 1 heterocycles. The van der Waals surface area contributed by atoms with Crippen LogP contribution in [-0.4, -0.2) is 27.7 Å². The Morgan fingerprint density at radius 1 is 1.71 bits per heavy atom. The Morgan fingerprint density at radius 2 is 2.41 bits per heavy atom. The third-order valence-corrected chi connectivity index (χ3v) is 3.16. The van der Waals surface area contributed by atoms with E-state index in [1.54, 1.807) is 19.4 Å². The highest BCUT2D eigenvalue weighted by molar-refractivity contribution is 5.71. The second-order valence-electron chi connectivity index (χ2n) is 4.63. The van der Waals surface area contributed by atoms with E-state index in [2.05, 4.69) is 9.72 Å². The van der Waals surface area contributed by atoms with Crippen molar-refractivity contribution in [1.82, 2.24) is 9.55 Å². The number of aromatic nitrogens is 2. The molecule has 0 aromatic carbocycles. The van der Waals surface area contributed by atoms with Crippen molar-refractivity contribution < 1.29 is 14.6 Å². The highest BCUT2D eigenvalue weighted by Crippen LogP contribution is 2.37. The van der Waals surface area contributed by atoms with Gasteiger partial charge in [0.2, 0.25) is 0 Å². The number of esters is 1. The molecule has 5 nitrogen and oxygen atoms in total. The molecule has 1 saturated carbocycles. The maximum atomic E-state index is 11.3. The summed E-state index contributed by atoms with van der Waals surface area (Å²) < 4.78 is 6.66. The predicted octanol–water partition coefficient (Wildman–Crippen LogP) is 1.45. The summed E-state index contributed by atoms with van der Waals surface area (Å²) in [5.74, 6) is -0.598. The Bertz CT molecular complexity index is 398. The Morgan fingerprint density at radius 3 is 3.00 bits per heavy atom. The van der Waals surface area contributed by atoms with Gasteiger partial charge >= 0.3 is 5.97 Å². The largest absolute Gasteiger partial charge is 0.469 e. The van der Waals surface area contributed by atoms with E-state index in [0.29, 0.717) is 12.5 Å². The van der Waals surface area contributed by atoms with E-state index in [4.69, 9.17) is 0 Å². The first-order valence-corrected chi connectivity index (χ1v) is 5.91. The third kappa shape index (κ3) is 2.66. The number of aliphatic hydroxyl groups is 1. The standard InChI is InChI=1S/C12H18N2O3/c1-8(12(16)17-2)5-11(15)10-6-13-7-14(10)9-3-4-9/h6-9,11,15H,3-5H2,1-2H3. The molecule has 17 heavy (non-hydrogen) atoms. The SMILES string of the molecule is COC(=O)C(C)CC(O)c1cncn1C1CC1. The van der Waals surface area contributed by atoms with Gasteiger partial charge in [-0.1, -0.05) is 6.92 Å². The lowest BCUT2D eigenvalue weighted by Gasteiger charge is -2.16. The third-order valence-electron chi connectivity index (χ3n) is 3.16. The molecular weight excluding hydrogens is 220 g/mol. The molecule has 0 aliphatic heterocycles. The number of hydrogen-bond acceptors (Lipinski definition) is 4. The van der Waals surface area contributed by atoms with Crippen LogP contribution in [0.25, 0.3) is 0 Å². The fraction of sp³-hybridized carbons (Fsp3) is 0.667. The molecule has 0 radical (unpaired) electrons. The van der Waals surface area contributed by atoms with Gasteiger partial charge in [-0.15, -0.1) is 0 Å². The number of hydrogen-bond donors (Lipinski definition) is 1. The number of nitrogens with zero attached hydrogens (tertiary/aromatic N) is 2. The summed E-state index contributed by atoms with van der Waals surface area (Å²) >= 11 is 0. The van der Waals surface area contributed by atoms with Gasteiger partial charge in [0, 0.05) is 6.04 Å². The first kappa shape index (κ1) is 12.1. The molecule has 5 heteroatoms. The number of carbonyl (C=O) groups excluding carboxylic acids is 1. The van der Waals surface area contributed by atoms with E-state index in [1.807, 2.05) is 4.57 Å². The molecule has 2 unspecified atom stereocenters. The summed E-state index contributed by atoms with van der Waals surface area (Å²) in [6, 6.07) is 0.482. The van der Waals surface area contributed by atoms with Crippen LogP contribution in [0, 0.1) is 5.92 Å². The first-order chi connectivity index (χ1) is 8.13. The van der Waals surface area contributed by atoms with Gasteiger partial charge in [0.1, 0.15) is 0 Å². The molecule has 1 N–H and O–H groups in total. The molecule has 1 aromatic rings. The van der Waals surface area contributed by atoms with Crippen LogP contribution in [0.15, 0.2) is 12.5 Å². The molecule has 0 amide bonds. The zero-order chi connectivity index (χ0) is 12.4. The predicted molar refractivity (Wildman–Crippen MR) is 61.3 cm³/mol. The van der Waals surface area contributed by atoms with Crippen LogP contribution in [0.3, 0.4) is 0 Å². The van der Waals surface area contributed by atoms with Gasteiger partial charge < -0.3 is 14.4 Å². The minimum Gasteiger partial charge on any atom is -0.469 e. The maximum Gasteiger partial charge on any atom is 0.308 e. The molecule has 94 valence electrons. The average Bonchev–Trinajstić information content (AvgIpc) is 3.05. The van der Waals surface area contributed by atoms with Crippen molar-refractivity contribution in [3.8, 4) is 0 Å². The lowest BCUT2D eigenvalue weighted by atomic mass is 10.0. The van der Waals surface area contributed by atoms with Crippen molar-refractivity contribution >= 4 is 5.97 Å². The van der Waals surface area contributed by atoms with Crippen molar-refractivity contribution in [3.63, 3.8) is 0 Å². The maximum absolute atomic E-state index is 11.3. The van der Waals surface area contributed by atoms with Gasteiger partial charge in [0.15, 0.2) is 0 Å². The summed E-state index contributed by atoms with van der Waals surface area (Å²) in [5, 5.41) is 10.1. The van der Waals surface area contributed by atoms with Crippen LogP contribution in [0.5, 0.6) is 0 Å². The van der Waals surface area contributed by atoms with Crippen molar-refractivity contribution in [1.29, 1.82) is 0 Å². The van der Waals surface area contributed by atoms with E-state index < -0.39 is 6.10 Å².